The molecule has 0 spiro atoms. The van der Waals surface area contributed by atoms with Crippen molar-refractivity contribution in [2.45, 2.75) is 39.5 Å². The molecule has 0 bridgehead atoms. The van der Waals surface area contributed by atoms with E-state index in [9.17, 15) is 0 Å². The summed E-state index contributed by atoms with van der Waals surface area (Å²) in [5.74, 6) is 1.58. The van der Waals surface area contributed by atoms with Gasteiger partial charge in [0.05, 0.1) is 12.3 Å². The maximum absolute atomic E-state index is 8.95. The quantitative estimate of drug-likeness (QED) is 0.637. The van der Waals surface area contributed by atoms with Gasteiger partial charge in [-0.25, -0.2) is 0 Å². The van der Waals surface area contributed by atoms with Gasteiger partial charge in [0.2, 0.25) is 0 Å². The molecule has 0 saturated heterocycles. The summed E-state index contributed by atoms with van der Waals surface area (Å²) in [6.07, 6.45) is 4.01. The van der Waals surface area contributed by atoms with Gasteiger partial charge in [-0.15, -0.1) is 0 Å². The van der Waals surface area contributed by atoms with E-state index in [1.54, 1.807) is 0 Å². The third-order valence-electron chi connectivity index (χ3n) is 3.81. The Bertz CT molecular complexity index is 436. The van der Waals surface area contributed by atoms with Crippen LogP contribution in [0.5, 0.6) is 5.75 Å². The van der Waals surface area contributed by atoms with E-state index in [4.69, 9.17) is 9.94 Å². The molecular weight excluding hydrogens is 226 g/mol. The van der Waals surface area contributed by atoms with Gasteiger partial charge in [0.25, 0.3) is 0 Å². The summed E-state index contributed by atoms with van der Waals surface area (Å²) in [6, 6.07) is 5.99. The molecule has 1 N–H and O–H groups in total. The highest BCUT2D eigenvalue weighted by Gasteiger charge is 2.21. The second-order valence-electron chi connectivity index (χ2n) is 4.82. The van der Waals surface area contributed by atoms with E-state index in [0.29, 0.717) is 5.92 Å². The molecule has 0 heterocycles. The molecule has 3 heteroatoms. The molecule has 0 atom stereocenters. The van der Waals surface area contributed by atoms with Crippen LogP contribution in [-0.4, -0.2) is 17.5 Å². The van der Waals surface area contributed by atoms with Gasteiger partial charge in [0.1, 0.15) is 5.75 Å². The van der Waals surface area contributed by atoms with Crippen molar-refractivity contribution < 1.29 is 9.94 Å². The van der Waals surface area contributed by atoms with Crippen molar-refractivity contribution in [3.05, 3.63) is 29.3 Å². The SMILES string of the molecule is CCC(CC)COc1cccc2c1CC/C2=N\O. The minimum Gasteiger partial charge on any atom is -0.493 e. The van der Waals surface area contributed by atoms with Crippen LogP contribution in [-0.2, 0) is 6.42 Å². The maximum Gasteiger partial charge on any atom is 0.123 e. The van der Waals surface area contributed by atoms with E-state index >= 15 is 0 Å². The Morgan fingerprint density at radius 1 is 1.28 bits per heavy atom. The van der Waals surface area contributed by atoms with Crippen molar-refractivity contribution in [2.24, 2.45) is 11.1 Å². The third-order valence-corrected chi connectivity index (χ3v) is 3.81. The summed E-state index contributed by atoms with van der Waals surface area (Å²) >= 11 is 0. The van der Waals surface area contributed by atoms with Crippen molar-refractivity contribution in [1.29, 1.82) is 0 Å². The standard InChI is InChI=1S/C15H21NO2/c1-3-11(4-2)10-18-15-7-5-6-12-13(15)8-9-14(12)16-17/h5-7,11,17H,3-4,8-10H2,1-2H3/b16-14+. The van der Waals surface area contributed by atoms with E-state index in [2.05, 4.69) is 19.0 Å². The first-order chi connectivity index (χ1) is 8.80. The first-order valence-corrected chi connectivity index (χ1v) is 6.76. The Balaban J connectivity index is 2.13. The number of fused-ring (bicyclic) bond motifs is 1. The van der Waals surface area contributed by atoms with Crippen LogP contribution in [0.25, 0.3) is 0 Å². The lowest BCUT2D eigenvalue weighted by molar-refractivity contribution is 0.239. The van der Waals surface area contributed by atoms with Crippen molar-refractivity contribution >= 4 is 5.71 Å². The fourth-order valence-electron chi connectivity index (χ4n) is 2.44. The van der Waals surface area contributed by atoms with Crippen LogP contribution in [0.15, 0.2) is 23.4 Å². The van der Waals surface area contributed by atoms with Crippen LogP contribution in [0.4, 0.5) is 0 Å². The number of hydrogen-bond acceptors (Lipinski definition) is 3. The summed E-state index contributed by atoms with van der Waals surface area (Å²) in [4.78, 5) is 0. The van der Waals surface area contributed by atoms with Gasteiger partial charge in [0.15, 0.2) is 0 Å². The molecule has 98 valence electrons. The van der Waals surface area contributed by atoms with E-state index < -0.39 is 0 Å². The van der Waals surface area contributed by atoms with E-state index in [-0.39, 0.29) is 0 Å². The highest BCUT2D eigenvalue weighted by Crippen LogP contribution is 2.31. The fourth-order valence-corrected chi connectivity index (χ4v) is 2.44. The zero-order chi connectivity index (χ0) is 13.0. The lowest BCUT2D eigenvalue weighted by Crippen LogP contribution is -2.11. The first kappa shape index (κ1) is 12.9. The Hall–Kier alpha value is -1.51. The Kier molecular flexibility index (Phi) is 4.24. The highest BCUT2D eigenvalue weighted by molar-refractivity contribution is 6.04. The molecule has 0 aromatic heterocycles. The normalized spacial score (nSPS) is 16.3. The molecule has 0 radical (unpaired) electrons. The number of oxime groups is 1. The average molecular weight is 247 g/mol. The Labute approximate surface area is 108 Å². The van der Waals surface area contributed by atoms with Gasteiger partial charge in [-0.2, -0.15) is 0 Å². The zero-order valence-electron chi connectivity index (χ0n) is 11.1. The Morgan fingerprint density at radius 2 is 2.06 bits per heavy atom. The maximum atomic E-state index is 8.95. The van der Waals surface area contributed by atoms with Gasteiger partial charge in [0, 0.05) is 11.1 Å². The molecule has 0 saturated carbocycles. The highest BCUT2D eigenvalue weighted by atomic mass is 16.5. The van der Waals surface area contributed by atoms with Crippen LogP contribution in [0.2, 0.25) is 0 Å². The topological polar surface area (TPSA) is 41.8 Å². The van der Waals surface area contributed by atoms with Crippen LogP contribution in [0.3, 0.4) is 0 Å². The molecule has 1 aromatic rings. The molecule has 0 unspecified atom stereocenters. The molecule has 0 fully saturated rings. The first-order valence-electron chi connectivity index (χ1n) is 6.76. The monoisotopic (exact) mass is 247 g/mol. The number of benzene rings is 1. The second-order valence-corrected chi connectivity index (χ2v) is 4.82. The largest absolute Gasteiger partial charge is 0.493 e. The van der Waals surface area contributed by atoms with E-state index in [1.807, 2.05) is 18.2 Å². The molecule has 1 aromatic carbocycles. The molecule has 1 aliphatic carbocycles. The van der Waals surface area contributed by atoms with Crippen molar-refractivity contribution in [3.8, 4) is 5.75 Å². The fraction of sp³-hybridized carbons (Fsp3) is 0.533. The molecule has 2 rings (SSSR count). The predicted octanol–water partition coefficient (Wildman–Crippen LogP) is 3.63. The Morgan fingerprint density at radius 3 is 2.72 bits per heavy atom. The number of nitrogens with zero attached hydrogens (tertiary/aromatic N) is 1. The van der Waals surface area contributed by atoms with Crippen LogP contribution in [0, 0.1) is 5.92 Å². The third kappa shape index (κ3) is 2.50. The lowest BCUT2D eigenvalue weighted by Gasteiger charge is -2.15. The van der Waals surface area contributed by atoms with Gasteiger partial charge < -0.3 is 9.94 Å². The minimum atomic E-state index is 0.619. The molecule has 18 heavy (non-hydrogen) atoms. The van der Waals surface area contributed by atoms with Crippen LogP contribution < -0.4 is 4.74 Å². The summed E-state index contributed by atoms with van der Waals surface area (Å²) in [5, 5.41) is 12.3. The van der Waals surface area contributed by atoms with Crippen molar-refractivity contribution in [1.82, 2.24) is 0 Å². The second kappa shape index (κ2) is 5.89. The summed E-state index contributed by atoms with van der Waals surface area (Å²) in [5.41, 5.74) is 3.01. The summed E-state index contributed by atoms with van der Waals surface area (Å²) in [6.45, 7) is 5.17. The van der Waals surface area contributed by atoms with Gasteiger partial charge in [-0.1, -0.05) is 44.0 Å². The van der Waals surface area contributed by atoms with Gasteiger partial charge in [-0.05, 0) is 24.8 Å². The van der Waals surface area contributed by atoms with Gasteiger partial charge >= 0.3 is 0 Å². The summed E-state index contributed by atoms with van der Waals surface area (Å²) in [7, 11) is 0. The number of rotatable bonds is 5. The average Bonchev–Trinajstić information content (AvgIpc) is 2.83. The van der Waals surface area contributed by atoms with Gasteiger partial charge in [-0.3, -0.25) is 0 Å². The van der Waals surface area contributed by atoms with Crippen molar-refractivity contribution in [2.75, 3.05) is 6.61 Å². The smallest absolute Gasteiger partial charge is 0.123 e. The van der Waals surface area contributed by atoms with Crippen LogP contribution in [0.1, 0.15) is 44.2 Å². The van der Waals surface area contributed by atoms with E-state index in [1.165, 1.54) is 5.56 Å². The minimum absolute atomic E-state index is 0.619. The molecular formula is C15H21NO2. The molecule has 0 aliphatic heterocycles. The van der Waals surface area contributed by atoms with Crippen LogP contribution >= 0.6 is 0 Å². The lowest BCUT2D eigenvalue weighted by atomic mass is 10.0. The predicted molar refractivity (Wildman–Crippen MR) is 72.7 cm³/mol. The zero-order valence-corrected chi connectivity index (χ0v) is 11.1. The number of ether oxygens (including phenoxy) is 1. The molecule has 3 nitrogen and oxygen atoms in total. The molecule has 1 aliphatic rings. The number of hydrogen-bond donors (Lipinski definition) is 1. The van der Waals surface area contributed by atoms with Crippen molar-refractivity contribution in [3.63, 3.8) is 0 Å². The van der Waals surface area contributed by atoms with E-state index in [0.717, 1.165) is 49.3 Å². The molecule has 0 amide bonds. The summed E-state index contributed by atoms with van der Waals surface area (Å²) < 4.78 is 5.95.